The molecule has 0 spiro atoms. The Morgan fingerprint density at radius 3 is 1.76 bits per heavy atom. The van der Waals surface area contributed by atoms with Crippen molar-refractivity contribution < 1.29 is 53.7 Å². The molecule has 0 radical (unpaired) electrons. The lowest BCUT2D eigenvalue weighted by molar-refractivity contribution is -0.161. The zero-order valence-electron chi connectivity index (χ0n) is 21.4. The molecule has 1 aromatic rings. The molecule has 1 aromatic carbocycles. The van der Waals surface area contributed by atoms with Crippen LogP contribution in [0.25, 0.3) is 0 Å². The second kappa shape index (κ2) is 14.4. The lowest BCUT2D eigenvalue weighted by atomic mass is 9.91. The average molecular weight is 574 g/mol. The maximum absolute atomic E-state index is 14.1. The molecule has 38 heavy (non-hydrogen) atoms. The first-order valence-electron chi connectivity index (χ1n) is 11.9. The number of ether oxygens (including phenoxy) is 2. The van der Waals surface area contributed by atoms with Gasteiger partial charge in [-0.15, -0.1) is 0 Å². The van der Waals surface area contributed by atoms with Crippen LogP contribution in [0, 0.1) is 5.41 Å². The van der Waals surface area contributed by atoms with Gasteiger partial charge in [-0.3, -0.25) is 9.08 Å². The van der Waals surface area contributed by atoms with Gasteiger partial charge in [0.25, 0.3) is 0 Å². The number of oxime groups is 1. The highest BCUT2D eigenvalue weighted by molar-refractivity contribution is 7.88. The summed E-state index contributed by atoms with van der Waals surface area (Å²) in [6, 6.07) is 5.56. The number of halogens is 5. The molecule has 8 nitrogen and oxygen atoms in total. The number of carbonyl (C=O) groups is 2. The number of alkyl halides is 5. The Morgan fingerprint density at radius 2 is 1.29 bits per heavy atom. The number of esters is 2. The monoisotopic (exact) mass is 573 g/mol. The van der Waals surface area contributed by atoms with E-state index in [0.717, 1.165) is 25.0 Å². The lowest BCUT2D eigenvalue weighted by Gasteiger charge is -2.20. The summed E-state index contributed by atoms with van der Waals surface area (Å²) in [6.07, 6.45) is -1.18. The van der Waals surface area contributed by atoms with Gasteiger partial charge in [0, 0.05) is 5.56 Å². The summed E-state index contributed by atoms with van der Waals surface area (Å²) < 4.78 is 104. The first-order valence-corrected chi connectivity index (χ1v) is 13.3. The topological polar surface area (TPSA) is 108 Å². The van der Waals surface area contributed by atoms with E-state index in [9.17, 15) is 40.0 Å². The highest BCUT2D eigenvalue weighted by Crippen LogP contribution is 2.28. The molecule has 0 saturated heterocycles. The number of nitrogens with zero attached hydrogens (tertiary/aromatic N) is 1. The minimum Gasteiger partial charge on any atom is -0.465 e. The number of rotatable bonds is 16. The summed E-state index contributed by atoms with van der Waals surface area (Å²) in [7, 11) is -6.23. The van der Waals surface area contributed by atoms with Crippen LogP contribution in [0.1, 0.15) is 71.3 Å². The minimum atomic E-state index is -6.23. The number of carbonyl (C=O) groups excluding carboxylic acids is 2. The molecule has 0 unspecified atom stereocenters. The van der Waals surface area contributed by atoms with Crippen LogP contribution < -0.4 is 0 Å². The third kappa shape index (κ3) is 10.2. The smallest absolute Gasteiger partial charge is 0.465 e. The van der Waals surface area contributed by atoms with E-state index in [2.05, 4.69) is 14.2 Å². The van der Waals surface area contributed by atoms with Crippen molar-refractivity contribution in [3.05, 3.63) is 35.9 Å². The Bertz CT molecular complexity index is 1040. The van der Waals surface area contributed by atoms with Crippen molar-refractivity contribution in [3.8, 4) is 0 Å². The van der Waals surface area contributed by atoms with E-state index in [4.69, 9.17) is 4.74 Å². The molecule has 0 fully saturated rings. The molecule has 0 amide bonds. The van der Waals surface area contributed by atoms with Crippen LogP contribution in [0.4, 0.5) is 22.0 Å². The van der Waals surface area contributed by atoms with Gasteiger partial charge in [0.05, 0.1) is 18.6 Å². The first-order chi connectivity index (χ1) is 17.6. The quantitative estimate of drug-likeness (QED) is 0.0814. The van der Waals surface area contributed by atoms with E-state index in [1.54, 1.807) is 13.8 Å². The molecule has 216 valence electrons. The Balaban J connectivity index is 2.45. The van der Waals surface area contributed by atoms with Gasteiger partial charge in [-0.1, -0.05) is 68.1 Å². The van der Waals surface area contributed by atoms with Crippen molar-refractivity contribution in [1.82, 2.24) is 0 Å². The molecule has 0 aliphatic rings. The van der Waals surface area contributed by atoms with Crippen LogP contribution in [-0.4, -0.2) is 50.7 Å². The van der Waals surface area contributed by atoms with E-state index in [1.807, 2.05) is 6.92 Å². The fourth-order valence-electron chi connectivity index (χ4n) is 2.76. The van der Waals surface area contributed by atoms with Gasteiger partial charge in [-0.2, -0.15) is 30.4 Å². The van der Waals surface area contributed by atoms with Gasteiger partial charge in [-0.25, -0.2) is 4.79 Å². The van der Waals surface area contributed by atoms with Crippen molar-refractivity contribution in [3.63, 3.8) is 0 Å². The zero-order chi connectivity index (χ0) is 29.0. The van der Waals surface area contributed by atoms with Crippen molar-refractivity contribution in [2.75, 3.05) is 13.2 Å². The Hall–Kier alpha value is -2.77. The zero-order valence-corrected chi connectivity index (χ0v) is 22.2. The van der Waals surface area contributed by atoms with Gasteiger partial charge >= 0.3 is 33.5 Å². The molecule has 0 heterocycles. The minimum absolute atomic E-state index is 0.146. The molecule has 0 bridgehead atoms. The first kappa shape index (κ1) is 33.3. The molecule has 0 atom stereocenters. The fraction of sp³-hybridized carbons (Fsp3) is 0.625. The number of benzene rings is 1. The van der Waals surface area contributed by atoms with Gasteiger partial charge in [-0.05, 0) is 33.1 Å². The summed E-state index contributed by atoms with van der Waals surface area (Å²) >= 11 is 0. The normalized spacial score (nSPS) is 13.2. The molecule has 0 aliphatic heterocycles. The van der Waals surface area contributed by atoms with Gasteiger partial charge < -0.3 is 9.47 Å². The van der Waals surface area contributed by atoms with Crippen molar-refractivity contribution >= 4 is 27.8 Å². The largest absolute Gasteiger partial charge is 0.478 e. The van der Waals surface area contributed by atoms with Crippen molar-refractivity contribution in [2.24, 2.45) is 10.6 Å². The summed E-state index contributed by atoms with van der Waals surface area (Å²) in [6.45, 7) is 5.23. The van der Waals surface area contributed by atoms with E-state index >= 15 is 0 Å². The third-order valence-corrected chi connectivity index (χ3v) is 6.60. The van der Waals surface area contributed by atoms with Gasteiger partial charge in [0.2, 0.25) is 0 Å². The van der Waals surface area contributed by atoms with Crippen molar-refractivity contribution in [2.45, 2.75) is 77.1 Å². The molecule has 1 rings (SSSR count). The molecule has 0 aliphatic carbocycles. The van der Waals surface area contributed by atoms with Crippen LogP contribution in [0.2, 0.25) is 0 Å². The van der Waals surface area contributed by atoms with Crippen LogP contribution in [-0.2, 0) is 33.5 Å². The van der Waals surface area contributed by atoms with Crippen molar-refractivity contribution in [1.29, 1.82) is 0 Å². The van der Waals surface area contributed by atoms with E-state index in [0.29, 0.717) is 25.7 Å². The predicted octanol–water partition coefficient (Wildman–Crippen LogP) is 5.76. The molecule has 14 heteroatoms. The number of unbranched alkanes of at least 4 members (excludes halogenated alkanes) is 5. The summed E-state index contributed by atoms with van der Waals surface area (Å²) in [5, 5.41) is -2.93. The third-order valence-electron chi connectivity index (χ3n) is 5.54. The van der Waals surface area contributed by atoms with Crippen LogP contribution in [0.3, 0.4) is 0 Å². The molecular formula is C24H32F5NO7S. The van der Waals surface area contributed by atoms with E-state index < -0.39 is 50.8 Å². The second-order valence-electron chi connectivity index (χ2n) is 8.98. The maximum atomic E-state index is 14.1. The maximum Gasteiger partial charge on any atom is 0.478 e. The number of hydrogen-bond donors (Lipinski definition) is 0. The Morgan fingerprint density at radius 1 is 0.816 bits per heavy atom. The molecule has 0 saturated carbocycles. The molecule has 0 N–H and O–H groups in total. The standard InChI is InChI=1S/C24H32F5NO7S/c1-4-22(2,3)20(31)35-16-12-7-5-6-8-13-17-36-21(32)24(28,29)38(33,34)37-30-19(23(25,26)27)18-14-10-9-11-15-18/h9-11,14-15H,4-8,12-13,16-17H2,1-3H3/b30-19-. The second-order valence-corrected chi connectivity index (χ2v) is 10.5. The fourth-order valence-corrected chi connectivity index (χ4v) is 3.29. The van der Waals surface area contributed by atoms with Crippen LogP contribution in [0.5, 0.6) is 0 Å². The average Bonchev–Trinajstić information content (AvgIpc) is 2.84. The molecular weight excluding hydrogens is 541 g/mol. The summed E-state index contributed by atoms with van der Waals surface area (Å²) in [4.78, 5) is 23.5. The number of hydrogen-bond acceptors (Lipinski definition) is 8. The van der Waals surface area contributed by atoms with Crippen LogP contribution >= 0.6 is 0 Å². The highest BCUT2D eigenvalue weighted by Gasteiger charge is 2.57. The van der Waals surface area contributed by atoms with E-state index in [-0.39, 0.29) is 19.0 Å². The summed E-state index contributed by atoms with van der Waals surface area (Å²) in [5.41, 5.74) is -3.06. The Labute approximate surface area is 218 Å². The Kier molecular flexibility index (Phi) is 12.6. The van der Waals surface area contributed by atoms with Gasteiger partial charge in [0.15, 0.2) is 5.71 Å². The van der Waals surface area contributed by atoms with E-state index in [1.165, 1.54) is 18.2 Å². The summed E-state index contributed by atoms with van der Waals surface area (Å²) in [5.74, 6) is -2.76. The lowest BCUT2D eigenvalue weighted by Crippen LogP contribution is -2.40. The molecule has 0 aromatic heterocycles. The van der Waals surface area contributed by atoms with Gasteiger partial charge in [0.1, 0.15) is 0 Å². The SMILES string of the molecule is CCC(C)(C)C(=O)OCCCCCCCCOC(=O)C(F)(F)S(=O)(=O)O/N=C(/c1ccccc1)C(F)(F)F. The highest BCUT2D eigenvalue weighted by atomic mass is 32.2. The predicted molar refractivity (Wildman–Crippen MR) is 128 cm³/mol. The van der Waals surface area contributed by atoms with Crippen LogP contribution in [0.15, 0.2) is 35.5 Å².